The number of carbonyl (C=O) groups excluding carboxylic acids is 1. The molecule has 12 heavy (non-hydrogen) atoms. The number of nitrogens with two attached hydrogens (primary N) is 1. The molecule has 0 aromatic heterocycles. The Morgan fingerprint density at radius 1 is 1.67 bits per heavy atom. The topological polar surface area (TPSA) is 72.5 Å². The van der Waals surface area contributed by atoms with Gasteiger partial charge in [-0.2, -0.15) is 0 Å². The van der Waals surface area contributed by atoms with E-state index < -0.39 is 5.72 Å². The normalized spacial score (nSPS) is 15.3. The third-order valence-corrected chi connectivity index (χ3v) is 1.37. The molecule has 0 heterocycles. The number of aliphatic hydroxyl groups is 1. The van der Waals surface area contributed by atoms with Crippen LogP contribution >= 0.6 is 0 Å². The van der Waals surface area contributed by atoms with Crippen molar-refractivity contribution in [3.05, 3.63) is 0 Å². The highest BCUT2D eigenvalue weighted by atomic mass is 16.5. The Hall–Kier alpha value is -0.610. The molecule has 0 amide bonds. The van der Waals surface area contributed by atoms with Crippen LogP contribution in [0.3, 0.4) is 0 Å². The zero-order valence-corrected chi connectivity index (χ0v) is 7.67. The molecule has 0 aromatic carbocycles. The van der Waals surface area contributed by atoms with Crippen molar-refractivity contribution in [3.63, 3.8) is 0 Å². The van der Waals surface area contributed by atoms with Crippen LogP contribution in [0.25, 0.3) is 0 Å². The van der Waals surface area contributed by atoms with Crippen LogP contribution in [-0.4, -0.2) is 23.4 Å². The molecule has 0 aliphatic rings. The molecule has 0 aromatic rings. The van der Waals surface area contributed by atoms with Crippen molar-refractivity contribution in [2.24, 2.45) is 5.73 Å². The average molecular weight is 175 g/mol. The Kier molecular flexibility index (Phi) is 4.85. The second kappa shape index (κ2) is 5.11. The summed E-state index contributed by atoms with van der Waals surface area (Å²) in [7, 11) is 0. The molecule has 0 spiro atoms. The predicted octanol–water partition coefficient (Wildman–Crippen LogP) is 0.387. The molecule has 1 atom stereocenters. The van der Waals surface area contributed by atoms with Gasteiger partial charge in [-0.15, -0.1) is 0 Å². The minimum absolute atomic E-state index is 0.234. The lowest BCUT2D eigenvalue weighted by molar-refractivity contribution is -0.143. The van der Waals surface area contributed by atoms with Crippen molar-refractivity contribution < 1.29 is 14.6 Å². The van der Waals surface area contributed by atoms with Crippen molar-refractivity contribution in [1.82, 2.24) is 0 Å². The average Bonchev–Trinajstić information content (AvgIpc) is 1.84. The van der Waals surface area contributed by atoms with E-state index >= 15 is 0 Å². The highest BCUT2D eigenvalue weighted by Crippen LogP contribution is 2.06. The largest absolute Gasteiger partial charge is 0.466 e. The van der Waals surface area contributed by atoms with Gasteiger partial charge in [-0.05, 0) is 26.7 Å². The third kappa shape index (κ3) is 7.50. The van der Waals surface area contributed by atoms with Gasteiger partial charge in [0.15, 0.2) is 0 Å². The molecular weight excluding hydrogens is 158 g/mol. The van der Waals surface area contributed by atoms with Crippen LogP contribution in [0.15, 0.2) is 0 Å². The Morgan fingerprint density at radius 3 is 2.67 bits per heavy atom. The van der Waals surface area contributed by atoms with E-state index in [-0.39, 0.29) is 5.97 Å². The molecule has 0 saturated heterocycles. The second-order valence-corrected chi connectivity index (χ2v) is 3.02. The van der Waals surface area contributed by atoms with E-state index in [1.165, 1.54) is 6.92 Å². The lowest BCUT2D eigenvalue weighted by Crippen LogP contribution is -2.35. The molecule has 0 fully saturated rings. The van der Waals surface area contributed by atoms with Gasteiger partial charge in [0.25, 0.3) is 0 Å². The zero-order chi connectivity index (χ0) is 9.61. The van der Waals surface area contributed by atoms with Crippen LogP contribution in [0.1, 0.15) is 33.1 Å². The maximum Gasteiger partial charge on any atom is 0.305 e. The standard InChI is InChI=1S/C8H17NO3/c1-3-12-7(10)5-4-6-8(2,9)11/h11H,3-6,9H2,1-2H3. The van der Waals surface area contributed by atoms with E-state index in [0.29, 0.717) is 25.9 Å². The molecule has 1 unspecified atom stereocenters. The van der Waals surface area contributed by atoms with E-state index in [1.54, 1.807) is 6.92 Å². The Balaban J connectivity index is 3.37. The minimum atomic E-state index is -1.17. The Labute approximate surface area is 72.7 Å². The molecule has 0 saturated carbocycles. The van der Waals surface area contributed by atoms with Crippen LogP contribution in [0.5, 0.6) is 0 Å². The first-order chi connectivity index (χ1) is 5.45. The molecule has 0 aliphatic heterocycles. The van der Waals surface area contributed by atoms with Gasteiger partial charge in [0, 0.05) is 6.42 Å². The number of ether oxygens (including phenoxy) is 1. The molecule has 0 aliphatic carbocycles. The fourth-order valence-electron chi connectivity index (χ4n) is 0.824. The summed E-state index contributed by atoms with van der Waals surface area (Å²) in [6.45, 7) is 3.67. The number of rotatable bonds is 5. The van der Waals surface area contributed by atoms with E-state index in [1.807, 2.05) is 0 Å². The summed E-state index contributed by atoms with van der Waals surface area (Å²) in [4.78, 5) is 10.8. The monoisotopic (exact) mass is 175 g/mol. The van der Waals surface area contributed by atoms with Gasteiger partial charge in [0.05, 0.1) is 6.61 Å². The van der Waals surface area contributed by atoms with Gasteiger partial charge in [0.1, 0.15) is 5.72 Å². The highest BCUT2D eigenvalue weighted by Gasteiger charge is 2.13. The summed E-state index contributed by atoms with van der Waals surface area (Å²) < 4.78 is 4.70. The van der Waals surface area contributed by atoms with Crippen molar-refractivity contribution in [2.45, 2.75) is 38.8 Å². The molecular formula is C8H17NO3. The van der Waals surface area contributed by atoms with Gasteiger partial charge < -0.3 is 15.6 Å². The summed E-state index contributed by atoms with van der Waals surface area (Å²) in [5.74, 6) is -0.234. The third-order valence-electron chi connectivity index (χ3n) is 1.37. The second-order valence-electron chi connectivity index (χ2n) is 3.02. The van der Waals surface area contributed by atoms with Gasteiger partial charge in [-0.25, -0.2) is 0 Å². The van der Waals surface area contributed by atoms with Gasteiger partial charge in [0.2, 0.25) is 0 Å². The molecule has 3 N–H and O–H groups in total. The molecule has 0 bridgehead atoms. The first-order valence-corrected chi connectivity index (χ1v) is 4.12. The lowest BCUT2D eigenvalue weighted by atomic mass is 10.1. The van der Waals surface area contributed by atoms with E-state index in [4.69, 9.17) is 15.6 Å². The zero-order valence-electron chi connectivity index (χ0n) is 7.67. The fourth-order valence-corrected chi connectivity index (χ4v) is 0.824. The Bertz CT molecular complexity index is 140. The Morgan fingerprint density at radius 2 is 2.25 bits per heavy atom. The van der Waals surface area contributed by atoms with Crippen molar-refractivity contribution in [2.75, 3.05) is 6.61 Å². The molecule has 4 nitrogen and oxygen atoms in total. The summed E-state index contributed by atoms with van der Waals surface area (Å²) in [6.07, 6.45) is 1.29. The molecule has 72 valence electrons. The lowest BCUT2D eigenvalue weighted by Gasteiger charge is -2.15. The molecule has 0 rings (SSSR count). The van der Waals surface area contributed by atoms with Gasteiger partial charge in [-0.1, -0.05) is 0 Å². The van der Waals surface area contributed by atoms with Gasteiger partial charge >= 0.3 is 5.97 Å². The number of carbonyl (C=O) groups is 1. The SMILES string of the molecule is CCOC(=O)CCCC(C)(N)O. The van der Waals surface area contributed by atoms with E-state index in [0.717, 1.165) is 0 Å². The van der Waals surface area contributed by atoms with Crippen LogP contribution in [-0.2, 0) is 9.53 Å². The molecule has 0 radical (unpaired) electrons. The maximum absolute atomic E-state index is 10.8. The summed E-state index contributed by atoms with van der Waals surface area (Å²) in [5.41, 5.74) is 4.12. The fraction of sp³-hybridized carbons (Fsp3) is 0.875. The first-order valence-electron chi connectivity index (χ1n) is 4.12. The van der Waals surface area contributed by atoms with Crippen molar-refractivity contribution >= 4 is 5.97 Å². The quantitative estimate of drug-likeness (QED) is 0.468. The maximum atomic E-state index is 10.8. The van der Waals surface area contributed by atoms with E-state index in [2.05, 4.69) is 0 Å². The van der Waals surface area contributed by atoms with Crippen molar-refractivity contribution in [3.8, 4) is 0 Å². The summed E-state index contributed by atoms with van der Waals surface area (Å²) in [5, 5.41) is 9.09. The van der Waals surface area contributed by atoms with Gasteiger partial charge in [-0.3, -0.25) is 4.79 Å². The summed E-state index contributed by atoms with van der Waals surface area (Å²) >= 11 is 0. The molecule has 4 heteroatoms. The number of hydrogen-bond acceptors (Lipinski definition) is 4. The number of hydrogen-bond donors (Lipinski definition) is 2. The predicted molar refractivity (Wildman–Crippen MR) is 45.3 cm³/mol. The van der Waals surface area contributed by atoms with Crippen LogP contribution in [0, 0.1) is 0 Å². The number of esters is 1. The van der Waals surface area contributed by atoms with Crippen molar-refractivity contribution in [1.29, 1.82) is 0 Å². The van der Waals surface area contributed by atoms with Crippen LogP contribution in [0.4, 0.5) is 0 Å². The smallest absolute Gasteiger partial charge is 0.305 e. The summed E-state index contributed by atoms with van der Waals surface area (Å²) in [6, 6.07) is 0. The minimum Gasteiger partial charge on any atom is -0.466 e. The highest BCUT2D eigenvalue weighted by molar-refractivity contribution is 5.69. The van der Waals surface area contributed by atoms with E-state index in [9.17, 15) is 4.79 Å². The van der Waals surface area contributed by atoms with Crippen LogP contribution < -0.4 is 5.73 Å². The van der Waals surface area contributed by atoms with Crippen LogP contribution in [0.2, 0.25) is 0 Å². The first kappa shape index (κ1) is 11.4.